The summed E-state index contributed by atoms with van der Waals surface area (Å²) in [5, 5.41) is 1.09. The summed E-state index contributed by atoms with van der Waals surface area (Å²) in [5.74, 6) is -0.241. The van der Waals surface area contributed by atoms with Gasteiger partial charge < -0.3 is 4.74 Å². The summed E-state index contributed by atoms with van der Waals surface area (Å²) in [6.07, 6.45) is 6.83. The number of thiazole rings is 1. The van der Waals surface area contributed by atoms with E-state index in [-0.39, 0.29) is 22.9 Å². The number of carbonyl (C=O) groups excluding carboxylic acids is 1. The number of nitrogens with zero attached hydrogens (tertiary/aromatic N) is 3. The predicted molar refractivity (Wildman–Crippen MR) is 148 cm³/mol. The molecule has 0 radical (unpaired) electrons. The SMILES string of the molecule is CCN(C1CCCCC1)S(=O)(=O)c1ccc(C(=O)N(CC2CCCO2)c2nc3c(Cl)cccc3s2)cc1. The van der Waals surface area contributed by atoms with Crippen molar-refractivity contribution >= 4 is 54.2 Å². The number of hydrogen-bond acceptors (Lipinski definition) is 6. The van der Waals surface area contributed by atoms with E-state index in [4.69, 9.17) is 16.3 Å². The van der Waals surface area contributed by atoms with Gasteiger partial charge in [0.15, 0.2) is 5.13 Å². The zero-order valence-corrected chi connectivity index (χ0v) is 23.3. The molecule has 1 saturated carbocycles. The molecule has 10 heteroatoms. The number of ether oxygens (including phenoxy) is 1. The molecule has 0 spiro atoms. The summed E-state index contributed by atoms with van der Waals surface area (Å²) in [6, 6.07) is 11.9. The highest BCUT2D eigenvalue weighted by Gasteiger charge is 2.32. The van der Waals surface area contributed by atoms with Crippen LogP contribution in [-0.2, 0) is 14.8 Å². The fourth-order valence-corrected chi connectivity index (χ4v) is 8.28. The third kappa shape index (κ3) is 5.56. The molecule has 198 valence electrons. The van der Waals surface area contributed by atoms with E-state index in [2.05, 4.69) is 4.98 Å². The van der Waals surface area contributed by atoms with Crippen molar-refractivity contribution < 1.29 is 17.9 Å². The molecule has 3 aromatic rings. The van der Waals surface area contributed by atoms with Crippen LogP contribution in [0.4, 0.5) is 5.13 Å². The van der Waals surface area contributed by atoms with Crippen molar-refractivity contribution in [1.29, 1.82) is 0 Å². The Morgan fingerprint density at radius 3 is 2.49 bits per heavy atom. The second-order valence-electron chi connectivity index (χ2n) is 9.66. The molecule has 2 aliphatic rings. The quantitative estimate of drug-likeness (QED) is 0.331. The lowest BCUT2D eigenvalue weighted by molar-refractivity contribution is 0.0917. The first-order valence-electron chi connectivity index (χ1n) is 13.0. The molecule has 2 aromatic carbocycles. The predicted octanol–water partition coefficient (Wildman–Crippen LogP) is 6.12. The van der Waals surface area contributed by atoms with E-state index < -0.39 is 10.0 Å². The minimum Gasteiger partial charge on any atom is -0.376 e. The van der Waals surface area contributed by atoms with Gasteiger partial charge in [-0.25, -0.2) is 13.4 Å². The highest BCUT2D eigenvalue weighted by atomic mass is 35.5. The number of amides is 1. The molecular weight excluding hydrogens is 530 g/mol. The number of anilines is 1. The smallest absolute Gasteiger partial charge is 0.260 e. The van der Waals surface area contributed by atoms with Crippen molar-refractivity contribution in [3.8, 4) is 0 Å². The number of aromatic nitrogens is 1. The molecule has 1 atom stereocenters. The van der Waals surface area contributed by atoms with Gasteiger partial charge in [-0.05, 0) is 62.1 Å². The van der Waals surface area contributed by atoms with Crippen LogP contribution in [0, 0.1) is 0 Å². The summed E-state index contributed by atoms with van der Waals surface area (Å²) >= 11 is 7.76. The van der Waals surface area contributed by atoms with E-state index in [1.54, 1.807) is 39.5 Å². The van der Waals surface area contributed by atoms with Crippen LogP contribution in [0.2, 0.25) is 5.02 Å². The fraction of sp³-hybridized carbons (Fsp3) is 0.481. The Hall–Kier alpha value is -2.04. The van der Waals surface area contributed by atoms with Gasteiger partial charge >= 0.3 is 0 Å². The molecule has 0 N–H and O–H groups in total. The normalized spacial score (nSPS) is 19.1. The first-order chi connectivity index (χ1) is 17.9. The van der Waals surface area contributed by atoms with Gasteiger partial charge in [0.1, 0.15) is 5.52 Å². The van der Waals surface area contributed by atoms with Gasteiger partial charge in [0, 0.05) is 24.8 Å². The topological polar surface area (TPSA) is 79.8 Å². The number of carbonyl (C=O) groups is 1. The zero-order valence-electron chi connectivity index (χ0n) is 20.9. The van der Waals surface area contributed by atoms with Crippen molar-refractivity contribution in [2.45, 2.75) is 68.9 Å². The molecule has 37 heavy (non-hydrogen) atoms. The largest absolute Gasteiger partial charge is 0.376 e. The van der Waals surface area contributed by atoms with Gasteiger partial charge in [-0.1, -0.05) is 55.2 Å². The Bertz CT molecular complexity index is 1350. The van der Waals surface area contributed by atoms with Gasteiger partial charge in [-0.3, -0.25) is 9.69 Å². The second-order valence-corrected chi connectivity index (χ2v) is 13.0. The van der Waals surface area contributed by atoms with Crippen LogP contribution in [0.5, 0.6) is 0 Å². The van der Waals surface area contributed by atoms with Crippen molar-refractivity contribution in [3.05, 3.63) is 53.1 Å². The molecule has 2 heterocycles. The summed E-state index contributed by atoms with van der Waals surface area (Å²) < 4.78 is 35.3. The van der Waals surface area contributed by atoms with Crippen LogP contribution in [0.25, 0.3) is 10.2 Å². The molecule has 1 unspecified atom stereocenters. The third-order valence-corrected chi connectivity index (χ3v) is 10.6. The van der Waals surface area contributed by atoms with Crippen LogP contribution in [0.3, 0.4) is 0 Å². The molecule has 5 rings (SSSR count). The molecule has 1 aromatic heterocycles. The van der Waals surface area contributed by atoms with Crippen LogP contribution in [-0.4, -0.2) is 55.5 Å². The second kappa shape index (κ2) is 11.4. The van der Waals surface area contributed by atoms with Crippen LogP contribution in [0.15, 0.2) is 47.4 Å². The molecule has 1 aliphatic carbocycles. The van der Waals surface area contributed by atoms with E-state index in [9.17, 15) is 13.2 Å². The summed E-state index contributed by atoms with van der Waals surface area (Å²) in [7, 11) is -3.64. The van der Waals surface area contributed by atoms with Gasteiger partial charge in [0.25, 0.3) is 5.91 Å². The van der Waals surface area contributed by atoms with Crippen LogP contribution in [0.1, 0.15) is 62.2 Å². The first-order valence-corrected chi connectivity index (χ1v) is 15.6. The minimum absolute atomic E-state index is 0.0396. The van der Waals surface area contributed by atoms with Gasteiger partial charge in [0.05, 0.1) is 27.3 Å². The Morgan fingerprint density at radius 2 is 1.84 bits per heavy atom. The van der Waals surface area contributed by atoms with Crippen molar-refractivity contribution in [1.82, 2.24) is 9.29 Å². The Balaban J connectivity index is 1.42. The first kappa shape index (κ1) is 26.6. The summed E-state index contributed by atoms with van der Waals surface area (Å²) in [5.41, 5.74) is 1.07. The Kier molecular flexibility index (Phi) is 8.16. The number of hydrogen-bond donors (Lipinski definition) is 0. The maximum atomic E-state index is 13.7. The highest BCUT2D eigenvalue weighted by Crippen LogP contribution is 2.34. The van der Waals surface area contributed by atoms with E-state index >= 15 is 0 Å². The molecule has 7 nitrogen and oxygen atoms in total. The molecule has 0 bridgehead atoms. The average Bonchev–Trinajstić information content (AvgIpc) is 3.58. The Labute approximate surface area is 227 Å². The highest BCUT2D eigenvalue weighted by molar-refractivity contribution is 7.89. The molecule has 2 fully saturated rings. The number of benzene rings is 2. The number of halogens is 1. The standard InChI is InChI=1S/C27H32ClN3O4S2/c1-2-31(20-8-4-3-5-9-20)37(33,34)22-15-13-19(14-16-22)26(32)30(18-21-10-7-17-35-21)27-29-25-23(28)11-6-12-24(25)36-27/h6,11-16,20-21H,2-5,7-10,17-18H2,1H3. The Morgan fingerprint density at radius 1 is 1.08 bits per heavy atom. The van der Waals surface area contributed by atoms with Crippen molar-refractivity contribution in [3.63, 3.8) is 0 Å². The van der Waals surface area contributed by atoms with E-state index in [0.717, 1.165) is 49.6 Å². The average molecular weight is 562 g/mol. The van der Waals surface area contributed by atoms with Crippen LogP contribution >= 0.6 is 22.9 Å². The van der Waals surface area contributed by atoms with E-state index in [0.29, 0.717) is 40.9 Å². The monoisotopic (exact) mass is 561 g/mol. The summed E-state index contributed by atoms with van der Waals surface area (Å²) in [6.45, 7) is 3.38. The minimum atomic E-state index is -3.64. The van der Waals surface area contributed by atoms with Gasteiger partial charge in [0.2, 0.25) is 10.0 Å². The van der Waals surface area contributed by atoms with Crippen molar-refractivity contribution in [2.24, 2.45) is 0 Å². The van der Waals surface area contributed by atoms with Crippen molar-refractivity contribution in [2.75, 3.05) is 24.6 Å². The third-order valence-electron chi connectivity index (χ3n) is 7.25. The maximum Gasteiger partial charge on any atom is 0.260 e. The number of rotatable bonds is 8. The lowest BCUT2D eigenvalue weighted by Gasteiger charge is -2.32. The molecular formula is C27H32ClN3O4S2. The van der Waals surface area contributed by atoms with E-state index in [1.165, 1.54) is 11.3 Å². The summed E-state index contributed by atoms with van der Waals surface area (Å²) in [4.78, 5) is 20.3. The lowest BCUT2D eigenvalue weighted by Crippen LogP contribution is -2.41. The van der Waals surface area contributed by atoms with Gasteiger partial charge in [-0.2, -0.15) is 4.31 Å². The van der Waals surface area contributed by atoms with Gasteiger partial charge in [-0.15, -0.1) is 0 Å². The number of para-hydroxylation sites is 1. The molecule has 1 aliphatic heterocycles. The fourth-order valence-electron chi connectivity index (χ4n) is 5.31. The van der Waals surface area contributed by atoms with Crippen LogP contribution < -0.4 is 4.90 Å². The molecule has 1 saturated heterocycles. The molecule has 1 amide bonds. The number of sulfonamides is 1. The maximum absolute atomic E-state index is 13.7. The zero-order chi connectivity index (χ0) is 26.0. The van der Waals surface area contributed by atoms with E-state index in [1.807, 2.05) is 19.1 Å². The number of fused-ring (bicyclic) bond motifs is 1. The lowest BCUT2D eigenvalue weighted by atomic mass is 9.95.